The molecular formula is C27H20ClF4N5O2S. The highest BCUT2D eigenvalue weighted by Gasteiger charge is 2.60. The number of nitrogens with zero attached hydrogens (tertiary/aromatic N) is 4. The van der Waals surface area contributed by atoms with Gasteiger partial charge in [-0.1, -0.05) is 29.8 Å². The Morgan fingerprint density at radius 3 is 2.52 bits per heavy atom. The van der Waals surface area contributed by atoms with Gasteiger partial charge in [0.2, 0.25) is 0 Å². The van der Waals surface area contributed by atoms with Gasteiger partial charge in [0.05, 0.1) is 23.0 Å². The summed E-state index contributed by atoms with van der Waals surface area (Å²) in [4.78, 5) is 32.5. The van der Waals surface area contributed by atoms with Crippen LogP contribution in [0.25, 0.3) is 0 Å². The van der Waals surface area contributed by atoms with Crippen LogP contribution < -0.4 is 15.1 Å². The summed E-state index contributed by atoms with van der Waals surface area (Å²) < 4.78 is 56.0. The third-order valence-electron chi connectivity index (χ3n) is 7.16. The Morgan fingerprint density at radius 2 is 1.93 bits per heavy atom. The quantitative estimate of drug-likeness (QED) is 0.295. The molecule has 1 spiro atoms. The van der Waals surface area contributed by atoms with Gasteiger partial charge >= 0.3 is 6.18 Å². The molecule has 1 N–H and O–H groups in total. The summed E-state index contributed by atoms with van der Waals surface area (Å²) in [5.74, 6) is -2.04. The van der Waals surface area contributed by atoms with Gasteiger partial charge in [-0.25, -0.2) is 9.37 Å². The lowest BCUT2D eigenvalue weighted by Crippen LogP contribution is -2.55. The minimum absolute atomic E-state index is 0.0790. The second kappa shape index (κ2) is 10.3. The molecule has 0 bridgehead atoms. The maximum absolute atomic E-state index is 15.2. The van der Waals surface area contributed by atoms with Gasteiger partial charge < -0.3 is 10.2 Å². The molecule has 7 nitrogen and oxygen atoms in total. The van der Waals surface area contributed by atoms with Crippen molar-refractivity contribution < 1.29 is 27.2 Å². The van der Waals surface area contributed by atoms with Gasteiger partial charge in [0.1, 0.15) is 17.4 Å². The van der Waals surface area contributed by atoms with Crippen molar-refractivity contribution in [2.24, 2.45) is 0 Å². The van der Waals surface area contributed by atoms with Crippen LogP contribution in [0.5, 0.6) is 0 Å². The van der Waals surface area contributed by atoms with E-state index >= 15 is 4.39 Å². The second-order valence-corrected chi connectivity index (χ2v) is 10.3. The molecule has 13 heteroatoms. The smallest absolute Gasteiger partial charge is 0.348 e. The predicted octanol–water partition coefficient (Wildman–Crippen LogP) is 5.68. The molecule has 40 heavy (non-hydrogen) atoms. The highest BCUT2D eigenvalue weighted by atomic mass is 35.5. The van der Waals surface area contributed by atoms with E-state index in [9.17, 15) is 22.8 Å². The topological polar surface area (TPSA) is 89.3 Å². The summed E-state index contributed by atoms with van der Waals surface area (Å²) in [6.07, 6.45) is -2.45. The summed E-state index contributed by atoms with van der Waals surface area (Å²) in [6, 6.07) is 12.8. The number of nitrogens with one attached hydrogen (secondary N) is 1. The molecule has 206 valence electrons. The summed E-state index contributed by atoms with van der Waals surface area (Å²) in [6.45, 7) is 0.0790. The number of amides is 2. The zero-order chi connectivity index (χ0) is 28.8. The van der Waals surface area contributed by atoms with E-state index in [-0.39, 0.29) is 23.5 Å². The average molecular weight is 590 g/mol. The Morgan fingerprint density at radius 1 is 1.20 bits per heavy atom. The standard InChI is InChI=1S/C27H20ClF4N5O2S/c28-20-5-2-1-4-15(20)13-35-23(38)18-7-6-16(11-21(18)29)37-25(40)36(24(39)26(37)8-3-9-26)17-10-19(27(30,31)32)22(12-33)34-14-17/h1-2,4-7,10-11,14,25,40H,3,8-9,13H2,(H,35,38). The van der Waals surface area contributed by atoms with Crippen LogP contribution in [0.3, 0.4) is 0 Å². The Balaban J connectivity index is 1.44. The van der Waals surface area contributed by atoms with Crippen LogP contribution in [-0.4, -0.2) is 27.8 Å². The number of nitriles is 1. The van der Waals surface area contributed by atoms with Crippen molar-refractivity contribution in [1.82, 2.24) is 10.3 Å². The van der Waals surface area contributed by atoms with Crippen LogP contribution in [0.2, 0.25) is 5.02 Å². The number of hydrogen-bond acceptors (Lipinski definition) is 6. The molecule has 3 aromatic rings. The maximum atomic E-state index is 15.2. The number of hydrogen-bond donors (Lipinski definition) is 2. The van der Waals surface area contributed by atoms with Crippen LogP contribution >= 0.6 is 24.2 Å². The number of anilines is 2. The Kier molecular flexibility index (Phi) is 7.14. The van der Waals surface area contributed by atoms with E-state index in [2.05, 4.69) is 22.9 Å². The van der Waals surface area contributed by atoms with Crippen molar-refractivity contribution in [3.05, 3.63) is 88.0 Å². The van der Waals surface area contributed by atoms with Crippen LogP contribution in [-0.2, 0) is 17.5 Å². The molecule has 2 heterocycles. The Labute approximate surface area is 236 Å². The maximum Gasteiger partial charge on any atom is 0.419 e. The van der Waals surface area contributed by atoms with Crippen molar-refractivity contribution in [3.63, 3.8) is 0 Å². The molecule has 1 saturated heterocycles. The van der Waals surface area contributed by atoms with Gasteiger partial charge in [0.25, 0.3) is 11.8 Å². The number of thiol groups is 1. The molecule has 0 radical (unpaired) electrons. The highest BCUT2D eigenvalue weighted by Crippen LogP contribution is 2.50. The normalized spacial score (nSPS) is 18.0. The van der Waals surface area contributed by atoms with Crippen LogP contribution in [0, 0.1) is 17.1 Å². The number of pyridine rings is 1. The van der Waals surface area contributed by atoms with Gasteiger partial charge in [-0.3, -0.25) is 14.5 Å². The number of carbonyl (C=O) groups excluding carboxylic acids is 2. The monoisotopic (exact) mass is 589 g/mol. The molecule has 1 unspecified atom stereocenters. The molecular weight excluding hydrogens is 570 g/mol. The first-order chi connectivity index (χ1) is 19.0. The molecule has 1 aliphatic heterocycles. The number of aromatic nitrogens is 1. The zero-order valence-electron chi connectivity index (χ0n) is 20.5. The molecule has 1 aliphatic carbocycles. The van der Waals surface area contributed by atoms with Crippen molar-refractivity contribution in [3.8, 4) is 6.07 Å². The van der Waals surface area contributed by atoms with E-state index in [0.717, 1.165) is 17.2 Å². The number of alkyl halides is 3. The lowest BCUT2D eigenvalue weighted by atomic mass is 9.75. The average Bonchev–Trinajstić information content (AvgIpc) is 3.13. The lowest BCUT2D eigenvalue weighted by Gasteiger charge is -2.44. The van der Waals surface area contributed by atoms with Gasteiger partial charge in [-0.15, -0.1) is 12.6 Å². The van der Waals surface area contributed by atoms with Crippen molar-refractivity contribution in [2.45, 2.75) is 43.0 Å². The SMILES string of the molecule is N#Cc1ncc(N2C(=O)C3(CCC3)N(c3ccc(C(=O)NCc4ccccc4Cl)c(F)c3)C2S)cc1C(F)(F)F. The summed E-state index contributed by atoms with van der Waals surface area (Å²) >= 11 is 10.7. The van der Waals surface area contributed by atoms with Crippen molar-refractivity contribution >= 4 is 47.4 Å². The number of halogens is 5. The minimum atomic E-state index is -4.87. The van der Waals surface area contributed by atoms with E-state index in [1.54, 1.807) is 29.2 Å². The fourth-order valence-corrected chi connectivity index (χ4v) is 5.80. The van der Waals surface area contributed by atoms with E-state index in [0.29, 0.717) is 35.9 Å². The number of benzene rings is 2. The van der Waals surface area contributed by atoms with E-state index in [1.165, 1.54) is 18.2 Å². The molecule has 1 aromatic heterocycles. The minimum Gasteiger partial charge on any atom is -0.348 e. The second-order valence-electron chi connectivity index (χ2n) is 9.41. The molecule has 2 aromatic carbocycles. The summed E-state index contributed by atoms with van der Waals surface area (Å²) in [5, 5.41) is 12.1. The fourth-order valence-electron chi connectivity index (χ4n) is 5.01. The summed E-state index contributed by atoms with van der Waals surface area (Å²) in [7, 11) is 0. The van der Waals surface area contributed by atoms with Gasteiger partial charge in [0.15, 0.2) is 11.2 Å². The Bertz CT molecular complexity index is 1560. The molecule has 5 rings (SSSR count). The zero-order valence-corrected chi connectivity index (χ0v) is 22.2. The molecule has 1 atom stereocenters. The largest absolute Gasteiger partial charge is 0.419 e. The third-order valence-corrected chi connectivity index (χ3v) is 7.99. The van der Waals surface area contributed by atoms with E-state index < -0.39 is 46.1 Å². The van der Waals surface area contributed by atoms with Gasteiger partial charge in [0, 0.05) is 17.3 Å². The first-order valence-electron chi connectivity index (χ1n) is 12.1. The van der Waals surface area contributed by atoms with E-state index in [1.807, 2.05) is 0 Å². The van der Waals surface area contributed by atoms with Crippen LogP contribution in [0.4, 0.5) is 28.9 Å². The molecule has 1 saturated carbocycles. The van der Waals surface area contributed by atoms with Crippen molar-refractivity contribution in [1.29, 1.82) is 5.26 Å². The first kappa shape index (κ1) is 27.7. The number of carbonyl (C=O) groups is 2. The lowest BCUT2D eigenvalue weighted by molar-refractivity contribution is -0.138. The predicted molar refractivity (Wildman–Crippen MR) is 142 cm³/mol. The van der Waals surface area contributed by atoms with Crippen LogP contribution in [0.15, 0.2) is 54.7 Å². The van der Waals surface area contributed by atoms with Gasteiger partial charge in [-0.05, 0) is 55.2 Å². The Hall–Kier alpha value is -3.82. The summed E-state index contributed by atoms with van der Waals surface area (Å²) in [5.41, 5.74) is -3.90. The van der Waals surface area contributed by atoms with Crippen molar-refractivity contribution in [2.75, 3.05) is 9.80 Å². The highest BCUT2D eigenvalue weighted by molar-refractivity contribution is 7.81. The van der Waals surface area contributed by atoms with Crippen LogP contribution in [0.1, 0.15) is 46.4 Å². The van der Waals surface area contributed by atoms with E-state index in [4.69, 9.17) is 16.9 Å². The fraction of sp³-hybridized carbons (Fsp3) is 0.259. The first-order valence-corrected chi connectivity index (χ1v) is 13.0. The molecule has 2 fully saturated rings. The number of rotatable bonds is 5. The molecule has 2 aliphatic rings. The third kappa shape index (κ3) is 4.63. The van der Waals surface area contributed by atoms with Gasteiger partial charge in [-0.2, -0.15) is 18.4 Å². The molecule has 2 amide bonds.